The van der Waals surface area contributed by atoms with Crippen molar-refractivity contribution in [2.45, 2.75) is 10.8 Å². The Bertz CT molecular complexity index is 6720. The summed E-state index contributed by atoms with van der Waals surface area (Å²) in [6.07, 6.45) is 0. The van der Waals surface area contributed by atoms with Gasteiger partial charge in [-0.2, -0.15) is 0 Å². The van der Waals surface area contributed by atoms with E-state index < -0.39 is 10.8 Å². The maximum atomic E-state index is 7.10. The third-order valence-corrected chi connectivity index (χ3v) is 23.8. The highest BCUT2D eigenvalue weighted by Crippen LogP contribution is 2.60. The van der Waals surface area contributed by atoms with Crippen molar-refractivity contribution in [3.63, 3.8) is 0 Å². The third kappa shape index (κ3) is 10.3. The second-order valence-electron chi connectivity index (χ2n) is 28.5. The fourth-order valence-corrected chi connectivity index (χ4v) is 19.1. The second kappa shape index (κ2) is 26.0. The van der Waals surface area contributed by atoms with Gasteiger partial charge >= 0.3 is 0 Å². The number of rotatable bonds is 12. The van der Waals surface area contributed by atoms with E-state index >= 15 is 0 Å². The molecule has 3 aromatic heterocycles. The van der Waals surface area contributed by atoms with Crippen LogP contribution in [0.5, 0.6) is 0 Å². The van der Waals surface area contributed by atoms with Crippen LogP contribution in [0, 0.1) is 0 Å². The maximum Gasteiger partial charge on any atom is 0.140 e. The number of hydrogen-bond donors (Lipinski definition) is 0. The predicted octanol–water partition coefficient (Wildman–Crippen LogP) is 28.5. The Morgan fingerprint density at radius 2 is 0.606 bits per heavy atom. The molecular formula is C104H68N2O2S. The van der Waals surface area contributed by atoms with Crippen molar-refractivity contribution in [3.8, 4) is 44.5 Å². The molecule has 3 heterocycles. The van der Waals surface area contributed by atoms with Gasteiger partial charge < -0.3 is 18.6 Å². The first kappa shape index (κ1) is 63.6. The molecule has 0 radical (unpaired) electrons. The first-order valence-electron chi connectivity index (χ1n) is 37.3. The lowest BCUT2D eigenvalue weighted by Crippen LogP contribution is -2.28. The minimum atomic E-state index is -0.553. The molecule has 2 aliphatic carbocycles. The van der Waals surface area contributed by atoms with Gasteiger partial charge in [-0.25, -0.2) is 0 Å². The molecule has 17 aromatic carbocycles. The maximum absolute atomic E-state index is 7.10. The minimum Gasteiger partial charge on any atom is -0.456 e. The third-order valence-electron chi connectivity index (χ3n) is 22.6. The van der Waals surface area contributed by atoms with Gasteiger partial charge in [-0.3, -0.25) is 0 Å². The van der Waals surface area contributed by atoms with E-state index in [0.29, 0.717) is 0 Å². The van der Waals surface area contributed by atoms with Gasteiger partial charge in [0.05, 0.1) is 10.8 Å². The molecule has 20 aromatic rings. The fourth-order valence-electron chi connectivity index (χ4n) is 18.0. The minimum absolute atomic E-state index is 0.422. The van der Waals surface area contributed by atoms with Crippen molar-refractivity contribution < 1.29 is 8.83 Å². The van der Waals surface area contributed by atoms with E-state index in [1.807, 2.05) is 23.5 Å². The van der Waals surface area contributed by atoms with E-state index in [1.54, 1.807) is 0 Å². The van der Waals surface area contributed by atoms with E-state index in [4.69, 9.17) is 8.83 Å². The fraction of sp³-hybridized carbons (Fsp3) is 0.0192. The van der Waals surface area contributed by atoms with Crippen LogP contribution >= 0.6 is 11.3 Å². The Balaban J connectivity index is 0.000000139. The summed E-state index contributed by atoms with van der Waals surface area (Å²) in [6.45, 7) is 0. The summed E-state index contributed by atoms with van der Waals surface area (Å²) in [7, 11) is 0. The number of para-hydroxylation sites is 4. The molecule has 0 saturated heterocycles. The Hall–Kier alpha value is -13.8. The van der Waals surface area contributed by atoms with E-state index in [9.17, 15) is 0 Å². The Kier molecular flexibility index (Phi) is 15.2. The number of hydrogen-bond acceptors (Lipinski definition) is 5. The molecule has 109 heavy (non-hydrogen) atoms. The Morgan fingerprint density at radius 1 is 0.202 bits per heavy atom. The first-order valence-corrected chi connectivity index (χ1v) is 38.2. The van der Waals surface area contributed by atoms with Crippen molar-refractivity contribution in [1.29, 1.82) is 0 Å². The van der Waals surface area contributed by atoms with Crippen LogP contribution in [-0.4, -0.2) is 0 Å². The zero-order valence-electron chi connectivity index (χ0n) is 59.4. The van der Waals surface area contributed by atoms with Gasteiger partial charge in [0.15, 0.2) is 0 Å². The molecule has 22 rings (SSSR count). The van der Waals surface area contributed by atoms with Gasteiger partial charge in [-0.15, -0.1) is 11.3 Å². The predicted molar refractivity (Wildman–Crippen MR) is 455 cm³/mol. The summed E-state index contributed by atoms with van der Waals surface area (Å²) < 4.78 is 16.0. The highest BCUT2D eigenvalue weighted by atomic mass is 32.1. The summed E-state index contributed by atoms with van der Waals surface area (Å²) in [5, 5.41) is 6.96. The molecule has 0 fully saturated rings. The number of benzene rings is 17. The molecule has 0 N–H and O–H groups in total. The van der Waals surface area contributed by atoms with Crippen molar-refractivity contribution >= 4 is 110 Å². The molecule has 0 spiro atoms. The zero-order valence-corrected chi connectivity index (χ0v) is 60.2. The van der Waals surface area contributed by atoms with Gasteiger partial charge in [0.1, 0.15) is 22.3 Å². The largest absolute Gasteiger partial charge is 0.456 e. The van der Waals surface area contributed by atoms with Crippen LogP contribution in [0.15, 0.2) is 421 Å². The van der Waals surface area contributed by atoms with Gasteiger partial charge in [-0.05, 0) is 181 Å². The number of nitrogens with zero attached hydrogens (tertiary/aromatic N) is 2. The molecule has 0 atom stereocenters. The van der Waals surface area contributed by atoms with Crippen LogP contribution in [0.3, 0.4) is 0 Å². The van der Waals surface area contributed by atoms with Gasteiger partial charge in [0.2, 0.25) is 0 Å². The molecular weight excluding hydrogens is 1340 g/mol. The van der Waals surface area contributed by atoms with Crippen LogP contribution in [0.25, 0.3) is 109 Å². The van der Waals surface area contributed by atoms with Crippen molar-refractivity contribution in [1.82, 2.24) is 0 Å². The lowest BCUT2D eigenvalue weighted by atomic mass is 9.67. The number of fused-ring (bicyclic) bond motifs is 15. The van der Waals surface area contributed by atoms with Crippen LogP contribution in [0.1, 0.15) is 44.5 Å². The normalized spacial score (nSPS) is 12.9. The summed E-state index contributed by atoms with van der Waals surface area (Å²) >= 11 is 1.88. The monoisotopic (exact) mass is 1410 g/mol. The molecule has 512 valence electrons. The van der Waals surface area contributed by atoms with E-state index in [-0.39, 0.29) is 0 Å². The van der Waals surface area contributed by atoms with Crippen molar-refractivity contribution in [2.75, 3.05) is 9.80 Å². The molecule has 0 unspecified atom stereocenters. The van der Waals surface area contributed by atoms with Crippen LogP contribution < -0.4 is 9.80 Å². The van der Waals surface area contributed by atoms with E-state index in [0.717, 1.165) is 83.6 Å². The zero-order chi connectivity index (χ0) is 72.0. The standard InChI is InChI=1S/C55H37NS.C49H31NO2/c1-5-17-38(18-6-1)40-33-41(39-19-7-2-8-20-39)35-46(34-40)56(44-23-11-4-12-24-44)45-30-32-53-50(37-45)49-31-29-43(36-54(49)57-53)55(42-21-9-3-10-22-42)51-27-15-13-25-47(51)48-26-14-16-28-52(48)55;1-3-14-32(15-4-1)49(42-22-10-7-18-36(42)37-19-8-11-23-43(37)49)44-24-13-21-41-40-29-27-35(31-47(40)52-48(41)44)50(33-16-5-2-6-17-33)34-26-28-39-38-20-9-12-25-45(38)51-46(39)30-34/h1-37H;1-31H. The smallest absolute Gasteiger partial charge is 0.140 e. The quantitative estimate of drug-likeness (QED) is 0.122. The number of thiophene rings is 1. The lowest BCUT2D eigenvalue weighted by Gasteiger charge is -2.33. The van der Waals surface area contributed by atoms with E-state index in [2.05, 4.69) is 410 Å². The van der Waals surface area contributed by atoms with Gasteiger partial charge in [-0.1, -0.05) is 303 Å². The number of furan rings is 2. The number of anilines is 6. The van der Waals surface area contributed by atoms with Gasteiger partial charge in [0, 0.05) is 93.5 Å². The highest BCUT2D eigenvalue weighted by molar-refractivity contribution is 7.25. The molecule has 4 nitrogen and oxygen atoms in total. The average Bonchev–Trinajstić information content (AvgIpc) is 1.54. The average molecular weight is 1410 g/mol. The molecule has 2 aliphatic rings. The molecule has 0 amide bonds. The second-order valence-corrected chi connectivity index (χ2v) is 29.6. The molecule has 0 aliphatic heterocycles. The van der Waals surface area contributed by atoms with Crippen molar-refractivity contribution in [3.05, 3.63) is 457 Å². The summed E-state index contributed by atoms with van der Waals surface area (Å²) in [5.41, 5.74) is 29.0. The SMILES string of the molecule is c1ccc(-c2cc(-c3ccccc3)cc(N(c3ccccc3)c3ccc4sc5cc(C6(c7ccccc7)c7ccccc7-c7ccccc76)ccc5c4c3)c2)cc1.c1ccc(N(c2ccc3c(c2)oc2ccccc23)c2ccc3c(c2)oc2c(C4(c5ccccc5)c5ccccc5-c5ccccc54)cccc23)cc1. The molecule has 5 heteroatoms. The summed E-state index contributed by atoms with van der Waals surface area (Å²) in [6, 6.07) is 149. The van der Waals surface area contributed by atoms with Crippen LogP contribution in [0.2, 0.25) is 0 Å². The van der Waals surface area contributed by atoms with E-state index in [1.165, 1.54) is 104 Å². The van der Waals surface area contributed by atoms with Crippen LogP contribution in [-0.2, 0) is 10.8 Å². The topological polar surface area (TPSA) is 32.8 Å². The summed E-state index contributed by atoms with van der Waals surface area (Å²) in [4.78, 5) is 4.68. The van der Waals surface area contributed by atoms with Gasteiger partial charge in [0.25, 0.3) is 0 Å². The van der Waals surface area contributed by atoms with Crippen LogP contribution in [0.4, 0.5) is 34.1 Å². The molecule has 0 bridgehead atoms. The summed E-state index contributed by atoms with van der Waals surface area (Å²) in [5.74, 6) is 0. The lowest BCUT2D eigenvalue weighted by molar-refractivity contribution is 0.648. The molecule has 0 saturated carbocycles. The Labute approximate surface area is 636 Å². The van der Waals surface area contributed by atoms with Crippen molar-refractivity contribution in [2.24, 2.45) is 0 Å². The Morgan fingerprint density at radius 3 is 1.17 bits per heavy atom. The first-order chi connectivity index (χ1) is 54.0. The highest BCUT2D eigenvalue weighted by Gasteiger charge is 2.48.